The lowest BCUT2D eigenvalue weighted by molar-refractivity contribution is 0.191. The van der Waals surface area contributed by atoms with E-state index in [1.165, 1.54) is 19.3 Å². The fourth-order valence-corrected chi connectivity index (χ4v) is 3.79. The van der Waals surface area contributed by atoms with Crippen molar-refractivity contribution in [3.8, 4) is 10.8 Å². The van der Waals surface area contributed by atoms with E-state index in [-0.39, 0.29) is 0 Å². The summed E-state index contributed by atoms with van der Waals surface area (Å²) in [6.07, 6.45) is 5.56. The van der Waals surface area contributed by atoms with E-state index in [9.17, 15) is 0 Å². The van der Waals surface area contributed by atoms with Gasteiger partial charge in [-0.2, -0.15) is 0 Å². The maximum Gasteiger partial charge on any atom is 0.236 e. The molecular formula is C15H21N3OS. The number of nitrogens with two attached hydrogens (primary N) is 1. The highest BCUT2D eigenvalue weighted by molar-refractivity contribution is 7.13. The second-order valence-corrected chi connectivity index (χ2v) is 6.48. The summed E-state index contributed by atoms with van der Waals surface area (Å²) in [5.41, 5.74) is 6.86. The molecule has 2 N–H and O–H groups in total. The van der Waals surface area contributed by atoms with Gasteiger partial charge >= 0.3 is 0 Å². The molecule has 0 radical (unpaired) electrons. The molecule has 2 aromatic rings. The summed E-state index contributed by atoms with van der Waals surface area (Å²) < 4.78 is 5.57. The third-order valence-corrected chi connectivity index (χ3v) is 5.04. The van der Waals surface area contributed by atoms with Crippen LogP contribution in [0.1, 0.15) is 25.0 Å². The van der Waals surface area contributed by atoms with Gasteiger partial charge in [0, 0.05) is 12.6 Å². The molecule has 0 aromatic carbocycles. The number of nitrogens with zero attached hydrogens (tertiary/aromatic N) is 2. The second kappa shape index (κ2) is 6.08. The fraction of sp³-hybridized carbons (Fsp3) is 0.533. The molecular weight excluding hydrogens is 270 g/mol. The molecule has 20 heavy (non-hydrogen) atoms. The molecule has 5 heteroatoms. The smallest absolute Gasteiger partial charge is 0.236 e. The summed E-state index contributed by atoms with van der Waals surface area (Å²) in [5, 5.41) is 2.04. The molecule has 2 atom stereocenters. The first kappa shape index (κ1) is 13.8. The zero-order chi connectivity index (χ0) is 13.9. The van der Waals surface area contributed by atoms with Gasteiger partial charge in [0.15, 0.2) is 0 Å². The van der Waals surface area contributed by atoms with E-state index in [0.717, 1.165) is 29.6 Å². The third-order valence-electron chi connectivity index (χ3n) is 4.18. The van der Waals surface area contributed by atoms with Crippen LogP contribution in [-0.2, 0) is 6.54 Å². The van der Waals surface area contributed by atoms with Gasteiger partial charge in [-0.1, -0.05) is 12.5 Å². The van der Waals surface area contributed by atoms with Crippen LogP contribution in [0.25, 0.3) is 10.8 Å². The van der Waals surface area contributed by atoms with Crippen molar-refractivity contribution in [3.63, 3.8) is 0 Å². The maximum absolute atomic E-state index is 5.86. The van der Waals surface area contributed by atoms with Gasteiger partial charge in [0.1, 0.15) is 6.26 Å². The first-order valence-corrected chi connectivity index (χ1v) is 8.04. The van der Waals surface area contributed by atoms with Crippen LogP contribution in [-0.4, -0.2) is 29.5 Å². The Bertz CT molecular complexity index is 537. The predicted molar refractivity (Wildman–Crippen MR) is 81.5 cm³/mol. The number of hydrogen-bond acceptors (Lipinski definition) is 5. The van der Waals surface area contributed by atoms with E-state index < -0.39 is 0 Å². The summed E-state index contributed by atoms with van der Waals surface area (Å²) >= 11 is 1.65. The van der Waals surface area contributed by atoms with Crippen LogP contribution in [0.3, 0.4) is 0 Å². The Kier molecular flexibility index (Phi) is 4.19. The lowest BCUT2D eigenvalue weighted by atomic mass is 10.0. The standard InChI is InChI=1S/C15H21N3OS/c1-18(13-5-2-4-11(13)8-16)9-12-10-19-15(17-12)14-6-3-7-20-14/h3,6-7,10-11,13H,2,4-5,8-9,16H2,1H3. The van der Waals surface area contributed by atoms with Gasteiger partial charge < -0.3 is 10.2 Å². The van der Waals surface area contributed by atoms with Crippen LogP contribution in [0.4, 0.5) is 0 Å². The lowest BCUT2D eigenvalue weighted by Gasteiger charge is -2.28. The van der Waals surface area contributed by atoms with Crippen molar-refractivity contribution in [2.45, 2.75) is 31.8 Å². The van der Waals surface area contributed by atoms with Gasteiger partial charge in [-0.15, -0.1) is 11.3 Å². The molecule has 0 spiro atoms. The van der Waals surface area contributed by atoms with E-state index >= 15 is 0 Å². The summed E-state index contributed by atoms with van der Waals surface area (Å²) in [6.45, 7) is 1.62. The van der Waals surface area contributed by atoms with Crippen molar-refractivity contribution in [1.29, 1.82) is 0 Å². The Balaban J connectivity index is 1.66. The van der Waals surface area contributed by atoms with Crippen LogP contribution in [0.2, 0.25) is 0 Å². The normalized spacial score (nSPS) is 22.8. The van der Waals surface area contributed by atoms with E-state index in [1.54, 1.807) is 17.6 Å². The van der Waals surface area contributed by atoms with Crippen molar-refractivity contribution >= 4 is 11.3 Å². The summed E-state index contributed by atoms with van der Waals surface area (Å²) in [7, 11) is 2.16. The van der Waals surface area contributed by atoms with Crippen LogP contribution >= 0.6 is 11.3 Å². The Morgan fingerprint density at radius 3 is 3.15 bits per heavy atom. The van der Waals surface area contributed by atoms with E-state index in [1.807, 2.05) is 17.5 Å². The van der Waals surface area contributed by atoms with E-state index in [2.05, 4.69) is 16.9 Å². The molecule has 1 saturated carbocycles. The van der Waals surface area contributed by atoms with Crippen LogP contribution in [0.5, 0.6) is 0 Å². The molecule has 0 amide bonds. The SMILES string of the molecule is CN(Cc1coc(-c2cccs2)n1)C1CCCC1CN. The van der Waals surface area contributed by atoms with Crippen LogP contribution < -0.4 is 5.73 Å². The highest BCUT2D eigenvalue weighted by atomic mass is 32.1. The Morgan fingerprint density at radius 2 is 2.40 bits per heavy atom. The molecule has 0 bridgehead atoms. The molecule has 2 heterocycles. The molecule has 2 aromatic heterocycles. The predicted octanol–water partition coefficient (Wildman–Crippen LogP) is 2.96. The largest absolute Gasteiger partial charge is 0.444 e. The molecule has 2 unspecified atom stereocenters. The molecule has 3 rings (SSSR count). The topological polar surface area (TPSA) is 55.3 Å². The van der Waals surface area contributed by atoms with Crippen molar-refractivity contribution in [1.82, 2.24) is 9.88 Å². The quantitative estimate of drug-likeness (QED) is 0.920. The fourth-order valence-electron chi connectivity index (χ4n) is 3.14. The van der Waals surface area contributed by atoms with Gasteiger partial charge in [0.2, 0.25) is 5.89 Å². The minimum absolute atomic E-state index is 0.585. The number of thiophene rings is 1. The second-order valence-electron chi connectivity index (χ2n) is 5.53. The monoisotopic (exact) mass is 291 g/mol. The van der Waals surface area contributed by atoms with Crippen molar-refractivity contribution < 1.29 is 4.42 Å². The molecule has 1 aliphatic carbocycles. The van der Waals surface area contributed by atoms with E-state index in [4.69, 9.17) is 10.2 Å². The minimum atomic E-state index is 0.585. The minimum Gasteiger partial charge on any atom is -0.444 e. The first-order valence-electron chi connectivity index (χ1n) is 7.16. The van der Waals surface area contributed by atoms with Gasteiger partial charge in [0.25, 0.3) is 0 Å². The van der Waals surface area contributed by atoms with Gasteiger partial charge in [-0.05, 0) is 43.8 Å². The number of aromatic nitrogens is 1. The average Bonchev–Trinajstić information content (AvgIpc) is 3.19. The highest BCUT2D eigenvalue weighted by Crippen LogP contribution is 2.30. The van der Waals surface area contributed by atoms with Crippen molar-refractivity contribution in [3.05, 3.63) is 29.5 Å². The molecule has 1 fully saturated rings. The van der Waals surface area contributed by atoms with Crippen molar-refractivity contribution in [2.75, 3.05) is 13.6 Å². The van der Waals surface area contributed by atoms with Gasteiger partial charge in [0.05, 0.1) is 10.6 Å². The Labute approximate surface area is 123 Å². The van der Waals surface area contributed by atoms with Crippen LogP contribution in [0.15, 0.2) is 28.2 Å². The molecule has 0 saturated heterocycles. The molecule has 4 nitrogen and oxygen atoms in total. The highest BCUT2D eigenvalue weighted by Gasteiger charge is 2.29. The molecule has 108 valence electrons. The summed E-state index contributed by atoms with van der Waals surface area (Å²) in [6, 6.07) is 4.63. The zero-order valence-corrected chi connectivity index (χ0v) is 12.6. The Hall–Kier alpha value is -1.17. The maximum atomic E-state index is 5.86. The molecule has 1 aliphatic rings. The molecule has 0 aliphatic heterocycles. The Morgan fingerprint density at radius 1 is 1.50 bits per heavy atom. The van der Waals surface area contributed by atoms with Crippen molar-refractivity contribution in [2.24, 2.45) is 11.7 Å². The van der Waals surface area contributed by atoms with Crippen LogP contribution in [0, 0.1) is 5.92 Å². The summed E-state index contributed by atoms with van der Waals surface area (Å²) in [5.74, 6) is 1.36. The van der Waals surface area contributed by atoms with E-state index in [0.29, 0.717) is 12.0 Å². The lowest BCUT2D eigenvalue weighted by Crippen LogP contribution is -2.37. The number of hydrogen-bond donors (Lipinski definition) is 1. The number of oxazole rings is 1. The number of rotatable bonds is 5. The third kappa shape index (κ3) is 2.80. The summed E-state index contributed by atoms with van der Waals surface area (Å²) in [4.78, 5) is 8.04. The zero-order valence-electron chi connectivity index (χ0n) is 11.8. The van der Waals surface area contributed by atoms with Gasteiger partial charge in [-0.3, -0.25) is 4.90 Å². The first-order chi connectivity index (χ1) is 9.78. The van der Waals surface area contributed by atoms with Gasteiger partial charge in [-0.25, -0.2) is 4.98 Å². The average molecular weight is 291 g/mol.